The van der Waals surface area contributed by atoms with Gasteiger partial charge in [-0.2, -0.15) is 0 Å². The Hall–Kier alpha value is -2.04. The highest BCUT2D eigenvalue weighted by atomic mass is 16.5. The van der Waals surface area contributed by atoms with E-state index >= 15 is 0 Å². The molecule has 0 aliphatic heterocycles. The highest BCUT2D eigenvalue weighted by Crippen LogP contribution is 2.18. The summed E-state index contributed by atoms with van der Waals surface area (Å²) >= 11 is 0. The van der Waals surface area contributed by atoms with Gasteiger partial charge in [0.2, 0.25) is 0 Å². The first kappa shape index (κ1) is 30.0. The van der Waals surface area contributed by atoms with Crippen molar-refractivity contribution in [3.63, 3.8) is 0 Å². The van der Waals surface area contributed by atoms with E-state index in [0.29, 0.717) is 18.8 Å². The molecule has 0 saturated carbocycles. The van der Waals surface area contributed by atoms with Crippen molar-refractivity contribution in [2.45, 2.75) is 123 Å². The molecule has 1 rings (SSSR count). The zero-order valence-electron chi connectivity index (χ0n) is 21.8. The zero-order chi connectivity index (χ0) is 24.7. The summed E-state index contributed by atoms with van der Waals surface area (Å²) < 4.78 is 15.8. The Morgan fingerprint density at radius 1 is 0.647 bits per heavy atom. The lowest BCUT2D eigenvalue weighted by atomic mass is 10.0. The van der Waals surface area contributed by atoms with Crippen LogP contribution in [-0.2, 0) is 25.7 Å². The van der Waals surface area contributed by atoms with Crippen molar-refractivity contribution < 1.29 is 23.8 Å². The summed E-state index contributed by atoms with van der Waals surface area (Å²) in [6.07, 6.45) is 19.2. The van der Waals surface area contributed by atoms with Gasteiger partial charge in [-0.3, -0.25) is 9.59 Å². The first-order chi connectivity index (χ1) is 16.7. The molecular weight excluding hydrogens is 428 g/mol. The van der Waals surface area contributed by atoms with E-state index in [2.05, 4.69) is 6.92 Å². The largest absolute Gasteiger partial charge is 0.496 e. The fourth-order valence-corrected chi connectivity index (χ4v) is 3.98. The van der Waals surface area contributed by atoms with E-state index in [1.165, 1.54) is 77.0 Å². The molecule has 34 heavy (non-hydrogen) atoms. The van der Waals surface area contributed by atoms with E-state index in [0.717, 1.165) is 18.4 Å². The number of benzene rings is 1. The Bertz CT molecular complexity index is 643. The highest BCUT2D eigenvalue weighted by Gasteiger charge is 2.09. The fraction of sp³-hybridized carbons (Fsp3) is 0.724. The molecule has 1 aromatic carbocycles. The third-order valence-corrected chi connectivity index (χ3v) is 6.10. The summed E-state index contributed by atoms with van der Waals surface area (Å²) in [7, 11) is 1.59. The molecule has 5 heteroatoms. The zero-order valence-corrected chi connectivity index (χ0v) is 21.8. The number of ether oxygens (including phenoxy) is 3. The molecule has 5 nitrogen and oxygen atoms in total. The Morgan fingerprint density at radius 2 is 1.15 bits per heavy atom. The average molecular weight is 477 g/mol. The number of esters is 2. The van der Waals surface area contributed by atoms with Crippen LogP contribution in [0.1, 0.15) is 122 Å². The Labute approximate surface area is 207 Å². The van der Waals surface area contributed by atoms with E-state index in [4.69, 9.17) is 14.2 Å². The molecule has 0 N–H and O–H groups in total. The molecule has 1 aromatic rings. The highest BCUT2D eigenvalue weighted by molar-refractivity contribution is 5.72. The van der Waals surface area contributed by atoms with Crippen LogP contribution < -0.4 is 4.74 Å². The van der Waals surface area contributed by atoms with Crippen molar-refractivity contribution >= 4 is 11.9 Å². The lowest BCUT2D eigenvalue weighted by molar-refractivity contribution is -0.146. The predicted molar refractivity (Wildman–Crippen MR) is 138 cm³/mol. The summed E-state index contributed by atoms with van der Waals surface area (Å²) in [6.45, 7) is 2.92. The topological polar surface area (TPSA) is 61.8 Å². The molecule has 0 aliphatic carbocycles. The minimum Gasteiger partial charge on any atom is -0.496 e. The van der Waals surface area contributed by atoms with E-state index in [9.17, 15) is 9.59 Å². The third kappa shape index (κ3) is 16.6. The number of hydrogen-bond donors (Lipinski definition) is 0. The normalized spacial score (nSPS) is 10.8. The Kier molecular flexibility index (Phi) is 19.0. The molecule has 0 radical (unpaired) electrons. The number of unbranched alkanes of at least 4 members (excludes halogenated alkanes) is 13. The predicted octanol–water partition coefficient (Wildman–Crippen LogP) is 7.93. The van der Waals surface area contributed by atoms with Gasteiger partial charge in [-0.25, -0.2) is 0 Å². The van der Waals surface area contributed by atoms with Gasteiger partial charge in [0, 0.05) is 18.4 Å². The van der Waals surface area contributed by atoms with Gasteiger partial charge in [0.15, 0.2) is 0 Å². The van der Waals surface area contributed by atoms with E-state index in [1.807, 2.05) is 24.3 Å². The van der Waals surface area contributed by atoms with Gasteiger partial charge in [-0.1, -0.05) is 109 Å². The Balaban J connectivity index is 1.87. The van der Waals surface area contributed by atoms with Crippen LogP contribution in [0.2, 0.25) is 0 Å². The number of carbonyl (C=O) groups excluding carboxylic acids is 2. The maximum Gasteiger partial charge on any atom is 0.306 e. The summed E-state index contributed by atoms with van der Waals surface area (Å²) in [5.41, 5.74) is 0.825. The standard InChI is InChI=1S/C29H48O5/c1-3-4-5-6-7-8-9-10-11-12-13-14-15-18-24-33-28(30)22-19-23-29(31)34-25-26-20-16-17-21-27(26)32-2/h16-17,20-21H,3-15,18-19,22-25H2,1-2H3. The van der Waals surface area contributed by atoms with Crippen molar-refractivity contribution in [2.24, 2.45) is 0 Å². The van der Waals surface area contributed by atoms with Gasteiger partial charge >= 0.3 is 11.9 Å². The maximum atomic E-state index is 11.9. The van der Waals surface area contributed by atoms with Crippen molar-refractivity contribution in [1.82, 2.24) is 0 Å². The smallest absolute Gasteiger partial charge is 0.306 e. The molecule has 0 saturated heterocycles. The van der Waals surface area contributed by atoms with Crippen LogP contribution >= 0.6 is 0 Å². The lowest BCUT2D eigenvalue weighted by Crippen LogP contribution is -2.09. The number of methoxy groups -OCH3 is 1. The molecule has 194 valence electrons. The monoisotopic (exact) mass is 476 g/mol. The van der Waals surface area contributed by atoms with Crippen LogP contribution in [0.3, 0.4) is 0 Å². The third-order valence-electron chi connectivity index (χ3n) is 6.10. The van der Waals surface area contributed by atoms with Gasteiger partial charge in [-0.15, -0.1) is 0 Å². The van der Waals surface area contributed by atoms with Crippen molar-refractivity contribution in [3.8, 4) is 5.75 Å². The minimum atomic E-state index is -0.314. The van der Waals surface area contributed by atoms with Crippen LogP contribution in [0.15, 0.2) is 24.3 Å². The number of para-hydroxylation sites is 1. The van der Waals surface area contributed by atoms with Crippen molar-refractivity contribution in [3.05, 3.63) is 29.8 Å². The van der Waals surface area contributed by atoms with Crippen LogP contribution in [-0.4, -0.2) is 25.7 Å². The van der Waals surface area contributed by atoms with Crippen LogP contribution in [0.4, 0.5) is 0 Å². The van der Waals surface area contributed by atoms with E-state index < -0.39 is 0 Å². The summed E-state index contributed by atoms with van der Waals surface area (Å²) in [6, 6.07) is 7.44. The molecular formula is C29H48O5. The Morgan fingerprint density at radius 3 is 1.71 bits per heavy atom. The van der Waals surface area contributed by atoms with E-state index in [-0.39, 0.29) is 31.4 Å². The second-order valence-electron chi connectivity index (χ2n) is 9.14. The molecule has 0 aromatic heterocycles. The van der Waals surface area contributed by atoms with Crippen molar-refractivity contribution in [2.75, 3.05) is 13.7 Å². The summed E-state index contributed by atoms with van der Waals surface area (Å²) in [5, 5.41) is 0. The fourth-order valence-electron chi connectivity index (χ4n) is 3.98. The maximum absolute atomic E-state index is 11.9. The SMILES string of the molecule is CCCCCCCCCCCCCCCCOC(=O)CCCC(=O)OCc1ccccc1OC. The molecule has 0 unspecified atom stereocenters. The number of hydrogen-bond acceptors (Lipinski definition) is 5. The van der Waals surface area contributed by atoms with Crippen LogP contribution in [0.25, 0.3) is 0 Å². The first-order valence-electron chi connectivity index (χ1n) is 13.6. The first-order valence-corrected chi connectivity index (χ1v) is 13.6. The van der Waals surface area contributed by atoms with Crippen molar-refractivity contribution in [1.29, 1.82) is 0 Å². The summed E-state index contributed by atoms with van der Waals surface area (Å²) in [5.74, 6) is 0.153. The number of rotatable bonds is 22. The van der Waals surface area contributed by atoms with Gasteiger partial charge in [0.25, 0.3) is 0 Å². The van der Waals surface area contributed by atoms with E-state index in [1.54, 1.807) is 7.11 Å². The second kappa shape index (κ2) is 21.5. The van der Waals surface area contributed by atoms with Gasteiger partial charge in [-0.05, 0) is 18.9 Å². The molecule has 0 heterocycles. The quantitative estimate of drug-likeness (QED) is 0.126. The van der Waals surface area contributed by atoms with Crippen LogP contribution in [0.5, 0.6) is 5.75 Å². The molecule has 0 atom stereocenters. The van der Waals surface area contributed by atoms with Crippen LogP contribution in [0, 0.1) is 0 Å². The summed E-state index contributed by atoms with van der Waals surface area (Å²) in [4.78, 5) is 23.7. The minimum absolute atomic E-state index is 0.173. The lowest BCUT2D eigenvalue weighted by Gasteiger charge is -2.09. The second-order valence-corrected chi connectivity index (χ2v) is 9.14. The molecule has 0 aliphatic rings. The van der Waals surface area contributed by atoms with Gasteiger partial charge in [0.05, 0.1) is 13.7 Å². The molecule has 0 spiro atoms. The molecule has 0 bridgehead atoms. The molecule has 0 fully saturated rings. The average Bonchev–Trinajstić information content (AvgIpc) is 2.85. The van der Waals surface area contributed by atoms with Gasteiger partial charge in [0.1, 0.15) is 12.4 Å². The molecule has 0 amide bonds. The van der Waals surface area contributed by atoms with Gasteiger partial charge < -0.3 is 14.2 Å². The number of carbonyl (C=O) groups is 2.